The molecule has 2 aromatic carbocycles. The van der Waals surface area contributed by atoms with E-state index < -0.39 is 0 Å². The SMILES string of the molecule is COc1ccc2ccnc(-c3ccc(C)cc3)c2c1. The molecule has 0 N–H and O–H groups in total. The van der Waals surface area contributed by atoms with Crippen LogP contribution in [0.4, 0.5) is 0 Å². The van der Waals surface area contributed by atoms with Crippen molar-refractivity contribution in [3.8, 4) is 17.0 Å². The van der Waals surface area contributed by atoms with Crippen LogP contribution < -0.4 is 4.74 Å². The van der Waals surface area contributed by atoms with Gasteiger partial charge in [0, 0.05) is 17.1 Å². The second-order valence-corrected chi connectivity index (χ2v) is 4.61. The number of aromatic nitrogens is 1. The first-order valence-electron chi connectivity index (χ1n) is 6.28. The number of pyridine rings is 1. The quantitative estimate of drug-likeness (QED) is 0.678. The molecule has 0 radical (unpaired) electrons. The van der Waals surface area contributed by atoms with Crippen LogP contribution in [-0.2, 0) is 0 Å². The summed E-state index contributed by atoms with van der Waals surface area (Å²) in [6.07, 6.45) is 1.85. The lowest BCUT2D eigenvalue weighted by atomic mass is 10.0. The molecule has 2 heteroatoms. The highest BCUT2D eigenvalue weighted by atomic mass is 16.5. The Labute approximate surface area is 112 Å². The van der Waals surface area contributed by atoms with E-state index in [1.807, 2.05) is 24.4 Å². The number of hydrogen-bond donors (Lipinski definition) is 0. The van der Waals surface area contributed by atoms with Gasteiger partial charge in [0.15, 0.2) is 0 Å². The highest BCUT2D eigenvalue weighted by molar-refractivity contribution is 5.95. The molecule has 1 heterocycles. The molecule has 0 aliphatic carbocycles. The molecule has 0 fully saturated rings. The first-order chi connectivity index (χ1) is 9.28. The second-order valence-electron chi connectivity index (χ2n) is 4.61. The summed E-state index contributed by atoms with van der Waals surface area (Å²) in [5.74, 6) is 0.855. The monoisotopic (exact) mass is 249 g/mol. The van der Waals surface area contributed by atoms with Gasteiger partial charge in [0.25, 0.3) is 0 Å². The van der Waals surface area contributed by atoms with Gasteiger partial charge in [-0.1, -0.05) is 35.9 Å². The first kappa shape index (κ1) is 11.7. The fourth-order valence-electron chi connectivity index (χ4n) is 2.22. The molecule has 0 atom stereocenters. The maximum absolute atomic E-state index is 5.30. The summed E-state index contributed by atoms with van der Waals surface area (Å²) < 4.78 is 5.30. The zero-order valence-electron chi connectivity index (χ0n) is 11.1. The number of ether oxygens (including phenoxy) is 1. The Morgan fingerprint density at radius 1 is 0.947 bits per heavy atom. The molecule has 0 unspecified atom stereocenters. The number of methoxy groups -OCH3 is 1. The van der Waals surface area contributed by atoms with Gasteiger partial charge in [-0.25, -0.2) is 0 Å². The van der Waals surface area contributed by atoms with Gasteiger partial charge in [-0.3, -0.25) is 4.98 Å². The Kier molecular flexibility index (Phi) is 2.92. The summed E-state index contributed by atoms with van der Waals surface area (Å²) >= 11 is 0. The van der Waals surface area contributed by atoms with E-state index in [9.17, 15) is 0 Å². The van der Waals surface area contributed by atoms with Gasteiger partial charge in [-0.2, -0.15) is 0 Å². The molecule has 0 bridgehead atoms. The lowest BCUT2D eigenvalue weighted by Gasteiger charge is -2.08. The minimum absolute atomic E-state index is 0.855. The summed E-state index contributed by atoms with van der Waals surface area (Å²) in [5.41, 5.74) is 3.38. The van der Waals surface area contributed by atoms with Gasteiger partial charge in [0.2, 0.25) is 0 Å². The van der Waals surface area contributed by atoms with Crippen molar-refractivity contribution in [3.05, 3.63) is 60.3 Å². The van der Waals surface area contributed by atoms with Crippen molar-refractivity contribution in [3.63, 3.8) is 0 Å². The Hall–Kier alpha value is -2.35. The number of fused-ring (bicyclic) bond motifs is 1. The van der Waals surface area contributed by atoms with Crippen LogP contribution in [-0.4, -0.2) is 12.1 Å². The zero-order chi connectivity index (χ0) is 13.2. The third-order valence-electron chi connectivity index (χ3n) is 3.30. The van der Waals surface area contributed by atoms with Crippen molar-refractivity contribution in [1.29, 1.82) is 0 Å². The number of aryl methyl sites for hydroxylation is 1. The normalized spacial score (nSPS) is 10.6. The van der Waals surface area contributed by atoms with E-state index >= 15 is 0 Å². The van der Waals surface area contributed by atoms with Crippen LogP contribution in [0.15, 0.2) is 54.7 Å². The topological polar surface area (TPSA) is 22.1 Å². The van der Waals surface area contributed by atoms with E-state index in [4.69, 9.17) is 4.74 Å². The van der Waals surface area contributed by atoms with Crippen LogP contribution in [0.3, 0.4) is 0 Å². The highest BCUT2D eigenvalue weighted by Gasteiger charge is 2.06. The van der Waals surface area contributed by atoms with Crippen molar-refractivity contribution < 1.29 is 4.74 Å². The van der Waals surface area contributed by atoms with Crippen LogP contribution in [0.1, 0.15) is 5.56 Å². The van der Waals surface area contributed by atoms with Crippen LogP contribution in [0.5, 0.6) is 5.75 Å². The molecular formula is C17H15NO. The van der Waals surface area contributed by atoms with Gasteiger partial charge in [-0.15, -0.1) is 0 Å². The maximum Gasteiger partial charge on any atom is 0.119 e. The predicted octanol–water partition coefficient (Wildman–Crippen LogP) is 4.22. The maximum atomic E-state index is 5.30. The largest absolute Gasteiger partial charge is 0.497 e. The predicted molar refractivity (Wildman–Crippen MR) is 78.5 cm³/mol. The third-order valence-corrected chi connectivity index (χ3v) is 3.30. The van der Waals surface area contributed by atoms with Gasteiger partial charge in [0.05, 0.1) is 12.8 Å². The number of benzene rings is 2. The Morgan fingerprint density at radius 3 is 2.47 bits per heavy atom. The fourth-order valence-corrected chi connectivity index (χ4v) is 2.22. The van der Waals surface area contributed by atoms with Crippen molar-refractivity contribution in [2.45, 2.75) is 6.92 Å². The molecule has 0 aliphatic rings. The lowest BCUT2D eigenvalue weighted by Crippen LogP contribution is -1.88. The molecule has 0 saturated heterocycles. The van der Waals surface area contributed by atoms with Crippen molar-refractivity contribution in [1.82, 2.24) is 4.98 Å². The van der Waals surface area contributed by atoms with Gasteiger partial charge in [-0.05, 0) is 30.5 Å². The molecule has 0 aliphatic heterocycles. The van der Waals surface area contributed by atoms with Crippen LogP contribution in [0.25, 0.3) is 22.0 Å². The Balaban J connectivity index is 2.25. The number of rotatable bonds is 2. The Bertz CT molecular complexity index is 717. The average molecular weight is 249 g/mol. The third kappa shape index (κ3) is 2.17. The highest BCUT2D eigenvalue weighted by Crippen LogP contribution is 2.29. The summed E-state index contributed by atoms with van der Waals surface area (Å²) in [7, 11) is 1.68. The minimum atomic E-state index is 0.855. The molecular weight excluding hydrogens is 234 g/mol. The summed E-state index contributed by atoms with van der Waals surface area (Å²) in [5, 5.41) is 2.29. The van der Waals surface area contributed by atoms with Crippen LogP contribution >= 0.6 is 0 Å². The van der Waals surface area contributed by atoms with Crippen molar-refractivity contribution in [2.24, 2.45) is 0 Å². The van der Waals surface area contributed by atoms with E-state index in [1.54, 1.807) is 7.11 Å². The molecule has 2 nitrogen and oxygen atoms in total. The molecule has 94 valence electrons. The van der Waals surface area contributed by atoms with E-state index in [-0.39, 0.29) is 0 Å². The van der Waals surface area contributed by atoms with Gasteiger partial charge in [0.1, 0.15) is 5.75 Å². The standard InChI is InChI=1S/C17H15NO/c1-12-3-5-14(6-4-12)17-16-11-15(19-2)8-7-13(16)9-10-18-17/h3-11H,1-2H3. The number of hydrogen-bond acceptors (Lipinski definition) is 2. The van der Waals surface area contributed by atoms with E-state index in [1.165, 1.54) is 10.9 Å². The van der Waals surface area contributed by atoms with Gasteiger partial charge < -0.3 is 4.74 Å². The minimum Gasteiger partial charge on any atom is -0.497 e. The summed E-state index contributed by atoms with van der Waals surface area (Å²) in [6, 6.07) is 16.5. The zero-order valence-corrected chi connectivity index (χ0v) is 11.1. The Morgan fingerprint density at radius 2 is 1.74 bits per heavy atom. The number of nitrogens with zero attached hydrogens (tertiary/aromatic N) is 1. The smallest absolute Gasteiger partial charge is 0.119 e. The average Bonchev–Trinajstić information content (AvgIpc) is 2.47. The molecule has 3 aromatic rings. The van der Waals surface area contributed by atoms with E-state index in [0.717, 1.165) is 22.4 Å². The molecule has 0 spiro atoms. The summed E-state index contributed by atoms with van der Waals surface area (Å²) in [6.45, 7) is 2.09. The lowest BCUT2D eigenvalue weighted by molar-refractivity contribution is 0.415. The van der Waals surface area contributed by atoms with Crippen molar-refractivity contribution in [2.75, 3.05) is 7.11 Å². The molecule has 1 aromatic heterocycles. The summed E-state index contributed by atoms with van der Waals surface area (Å²) in [4.78, 5) is 4.53. The second kappa shape index (κ2) is 4.73. The van der Waals surface area contributed by atoms with Crippen LogP contribution in [0, 0.1) is 6.92 Å². The first-order valence-corrected chi connectivity index (χ1v) is 6.28. The molecule has 0 saturated carbocycles. The molecule has 3 rings (SSSR count). The van der Waals surface area contributed by atoms with Gasteiger partial charge >= 0.3 is 0 Å². The van der Waals surface area contributed by atoms with Crippen molar-refractivity contribution >= 4 is 10.8 Å². The molecule has 0 amide bonds. The fraction of sp³-hybridized carbons (Fsp3) is 0.118. The molecule has 19 heavy (non-hydrogen) atoms. The van der Waals surface area contributed by atoms with E-state index in [2.05, 4.69) is 42.2 Å². The van der Waals surface area contributed by atoms with E-state index in [0.29, 0.717) is 0 Å². The van der Waals surface area contributed by atoms with Crippen LogP contribution in [0.2, 0.25) is 0 Å².